The lowest BCUT2D eigenvalue weighted by molar-refractivity contribution is 0.333. The van der Waals surface area contributed by atoms with Gasteiger partial charge in [0.15, 0.2) is 0 Å². The molecule has 4 rings (SSSR count). The largest absolute Gasteiger partial charge is 0.310 e. The fraction of sp³-hybridized carbons (Fsp3) is 0.294. The highest BCUT2D eigenvalue weighted by molar-refractivity contribution is 5.87. The Labute approximate surface area is 148 Å². The van der Waals surface area contributed by atoms with Gasteiger partial charge in [0.1, 0.15) is 6.33 Å². The van der Waals surface area contributed by atoms with Gasteiger partial charge >= 0.3 is 0 Å². The molecule has 1 aliphatic heterocycles. The van der Waals surface area contributed by atoms with Crippen molar-refractivity contribution < 1.29 is 0 Å². The van der Waals surface area contributed by atoms with Crippen LogP contribution in [-0.2, 0) is 13.0 Å². The molecule has 23 heavy (non-hydrogen) atoms. The zero-order chi connectivity index (χ0) is 14.2. The fourth-order valence-corrected chi connectivity index (χ4v) is 3.37. The Hall–Kier alpha value is -1.62. The second kappa shape index (κ2) is 7.30. The van der Waals surface area contributed by atoms with Gasteiger partial charge < -0.3 is 9.47 Å². The molecule has 0 fully saturated rings. The standard InChI is InChI=1S/C17H18N4.2ClH/c1-20-8-4-7-17-15(11-20)14-5-2-3-6-16(14)21(17)13-9-18-12-19-10-13;;/h2-3,5-6,9-10,12H,4,7-8,11H2,1H3;2*1H. The summed E-state index contributed by atoms with van der Waals surface area (Å²) in [5.41, 5.74) is 5.18. The maximum Gasteiger partial charge on any atom is 0.115 e. The minimum atomic E-state index is 0. The summed E-state index contributed by atoms with van der Waals surface area (Å²) in [6, 6.07) is 8.65. The summed E-state index contributed by atoms with van der Waals surface area (Å²) in [4.78, 5) is 10.8. The van der Waals surface area contributed by atoms with Crippen molar-refractivity contribution in [3.05, 3.63) is 54.2 Å². The number of aromatic nitrogens is 3. The Morgan fingerprint density at radius 1 is 1.04 bits per heavy atom. The van der Waals surface area contributed by atoms with E-state index in [1.165, 1.54) is 28.6 Å². The third-order valence-corrected chi connectivity index (χ3v) is 4.27. The van der Waals surface area contributed by atoms with Crippen LogP contribution in [-0.4, -0.2) is 33.0 Å². The highest BCUT2D eigenvalue weighted by atomic mass is 35.5. The van der Waals surface area contributed by atoms with Gasteiger partial charge in [0, 0.05) is 17.6 Å². The summed E-state index contributed by atoms with van der Waals surface area (Å²) in [5.74, 6) is 0. The van der Waals surface area contributed by atoms with Crippen molar-refractivity contribution in [3.8, 4) is 5.69 Å². The van der Waals surface area contributed by atoms with Crippen LogP contribution in [0.4, 0.5) is 0 Å². The molecule has 122 valence electrons. The van der Waals surface area contributed by atoms with Crippen molar-refractivity contribution in [1.82, 2.24) is 19.4 Å². The third-order valence-electron chi connectivity index (χ3n) is 4.27. The molecule has 0 saturated carbocycles. The topological polar surface area (TPSA) is 34.0 Å². The zero-order valence-corrected chi connectivity index (χ0v) is 14.6. The van der Waals surface area contributed by atoms with Gasteiger partial charge in [-0.1, -0.05) is 18.2 Å². The molecule has 1 aromatic carbocycles. The van der Waals surface area contributed by atoms with Gasteiger partial charge in [-0.05, 0) is 38.1 Å². The summed E-state index contributed by atoms with van der Waals surface area (Å²) >= 11 is 0. The van der Waals surface area contributed by atoms with E-state index in [2.05, 4.69) is 50.7 Å². The van der Waals surface area contributed by atoms with E-state index in [0.29, 0.717) is 0 Å². The van der Waals surface area contributed by atoms with Crippen molar-refractivity contribution in [2.24, 2.45) is 0 Å². The van der Waals surface area contributed by atoms with Crippen molar-refractivity contribution in [1.29, 1.82) is 0 Å². The van der Waals surface area contributed by atoms with E-state index in [1.54, 1.807) is 6.33 Å². The molecule has 2 aromatic heterocycles. The monoisotopic (exact) mass is 350 g/mol. The number of halogens is 2. The number of hydrogen-bond donors (Lipinski definition) is 0. The van der Waals surface area contributed by atoms with Gasteiger partial charge in [0.05, 0.1) is 23.6 Å². The molecule has 0 unspecified atom stereocenters. The summed E-state index contributed by atoms with van der Waals surface area (Å²) < 4.78 is 2.34. The summed E-state index contributed by atoms with van der Waals surface area (Å²) in [6.07, 6.45) is 7.67. The molecule has 0 saturated heterocycles. The van der Waals surface area contributed by atoms with E-state index >= 15 is 0 Å². The molecule has 4 nitrogen and oxygen atoms in total. The van der Waals surface area contributed by atoms with Gasteiger partial charge in [-0.3, -0.25) is 0 Å². The van der Waals surface area contributed by atoms with Gasteiger partial charge in [0.25, 0.3) is 0 Å². The Kier molecular flexibility index (Phi) is 5.63. The molecule has 1 aliphatic rings. The normalized spacial score (nSPS) is 14.5. The minimum absolute atomic E-state index is 0. The van der Waals surface area contributed by atoms with Crippen LogP contribution in [0, 0.1) is 0 Å². The van der Waals surface area contributed by atoms with E-state index < -0.39 is 0 Å². The maximum absolute atomic E-state index is 4.19. The first-order chi connectivity index (χ1) is 10.3. The van der Waals surface area contributed by atoms with Crippen LogP contribution in [0.2, 0.25) is 0 Å². The van der Waals surface area contributed by atoms with Crippen LogP contribution in [0.3, 0.4) is 0 Å². The lowest BCUT2D eigenvalue weighted by Crippen LogP contribution is -2.16. The summed E-state index contributed by atoms with van der Waals surface area (Å²) in [5, 5.41) is 1.35. The number of hydrogen-bond acceptors (Lipinski definition) is 3. The van der Waals surface area contributed by atoms with Gasteiger partial charge in [-0.2, -0.15) is 0 Å². The molecule has 3 heterocycles. The highest BCUT2D eigenvalue weighted by Crippen LogP contribution is 2.32. The van der Waals surface area contributed by atoms with E-state index in [1.807, 2.05) is 12.4 Å². The van der Waals surface area contributed by atoms with Crippen LogP contribution in [0.1, 0.15) is 17.7 Å². The lowest BCUT2D eigenvalue weighted by atomic mass is 10.1. The molecule has 0 atom stereocenters. The molecule has 3 aromatic rings. The Morgan fingerprint density at radius 2 is 1.78 bits per heavy atom. The average molecular weight is 351 g/mol. The highest BCUT2D eigenvalue weighted by Gasteiger charge is 2.21. The Morgan fingerprint density at radius 3 is 2.57 bits per heavy atom. The van der Waals surface area contributed by atoms with Crippen molar-refractivity contribution in [2.75, 3.05) is 13.6 Å². The SMILES string of the molecule is CN1CCCc2c(c3ccccc3n2-c2cncnc2)C1.Cl.Cl. The van der Waals surface area contributed by atoms with Crippen LogP contribution in [0.25, 0.3) is 16.6 Å². The number of nitrogens with zero attached hydrogens (tertiary/aromatic N) is 4. The van der Waals surface area contributed by atoms with Crippen LogP contribution >= 0.6 is 24.8 Å². The smallest absolute Gasteiger partial charge is 0.115 e. The van der Waals surface area contributed by atoms with Gasteiger partial charge in [0.2, 0.25) is 0 Å². The first-order valence-corrected chi connectivity index (χ1v) is 7.40. The molecular weight excluding hydrogens is 331 g/mol. The van der Waals surface area contributed by atoms with Crippen LogP contribution in [0.15, 0.2) is 43.0 Å². The fourth-order valence-electron chi connectivity index (χ4n) is 3.37. The quantitative estimate of drug-likeness (QED) is 0.671. The van der Waals surface area contributed by atoms with Gasteiger partial charge in [-0.15, -0.1) is 24.8 Å². The van der Waals surface area contributed by atoms with Crippen LogP contribution in [0.5, 0.6) is 0 Å². The summed E-state index contributed by atoms with van der Waals surface area (Å²) in [6.45, 7) is 2.16. The molecule has 6 heteroatoms. The molecule has 0 radical (unpaired) electrons. The molecule has 0 N–H and O–H groups in total. The number of benzene rings is 1. The average Bonchev–Trinajstić information content (AvgIpc) is 2.69. The molecule has 0 amide bonds. The maximum atomic E-state index is 4.19. The van der Waals surface area contributed by atoms with Gasteiger partial charge in [-0.25, -0.2) is 9.97 Å². The molecule has 0 spiro atoms. The second-order valence-corrected chi connectivity index (χ2v) is 5.72. The zero-order valence-electron chi connectivity index (χ0n) is 13.0. The predicted octanol–water partition coefficient (Wildman–Crippen LogP) is 3.64. The van der Waals surface area contributed by atoms with Crippen molar-refractivity contribution >= 4 is 35.7 Å². The van der Waals surface area contributed by atoms with E-state index in [0.717, 1.165) is 25.2 Å². The van der Waals surface area contributed by atoms with E-state index in [4.69, 9.17) is 0 Å². The Bertz CT molecular complexity index is 786. The van der Waals surface area contributed by atoms with Crippen molar-refractivity contribution in [3.63, 3.8) is 0 Å². The van der Waals surface area contributed by atoms with Crippen molar-refractivity contribution in [2.45, 2.75) is 19.4 Å². The second-order valence-electron chi connectivity index (χ2n) is 5.72. The lowest BCUT2D eigenvalue weighted by Gasteiger charge is -2.12. The number of rotatable bonds is 1. The first-order valence-electron chi connectivity index (χ1n) is 7.40. The first kappa shape index (κ1) is 17.7. The van der Waals surface area contributed by atoms with Crippen LogP contribution < -0.4 is 0 Å². The molecular formula is C17H20Cl2N4. The van der Waals surface area contributed by atoms with E-state index in [-0.39, 0.29) is 24.8 Å². The third kappa shape index (κ3) is 3.07. The predicted molar refractivity (Wildman–Crippen MR) is 98.0 cm³/mol. The number of fused-ring (bicyclic) bond motifs is 3. The number of para-hydroxylation sites is 1. The van der Waals surface area contributed by atoms with E-state index in [9.17, 15) is 0 Å². The summed E-state index contributed by atoms with van der Waals surface area (Å²) in [7, 11) is 2.20. The molecule has 0 bridgehead atoms. The Balaban J connectivity index is 0.000000960. The minimum Gasteiger partial charge on any atom is -0.310 e. The molecule has 0 aliphatic carbocycles.